The second-order valence-corrected chi connectivity index (χ2v) is 34.3. The monoisotopic (exact) mass is 1820 g/mol. The van der Waals surface area contributed by atoms with E-state index in [1.807, 2.05) is 0 Å². The van der Waals surface area contributed by atoms with Gasteiger partial charge in [0.1, 0.15) is 66.5 Å². The van der Waals surface area contributed by atoms with E-state index in [2.05, 4.69) is 79.1 Å². The molecule has 686 valence electrons. The molecule has 3 saturated heterocycles. The summed E-state index contributed by atoms with van der Waals surface area (Å²) in [5, 5.41) is 62.3. The number of carboxylic acid groups (broad SMARTS) is 2. The normalized spacial score (nSPS) is 23.3. The van der Waals surface area contributed by atoms with Gasteiger partial charge in [0, 0.05) is 134 Å². The number of carbonyl (C=O) groups is 19. The molecule has 2 aromatic heterocycles. The van der Waals surface area contributed by atoms with Crippen LogP contribution >= 0.6 is 35.3 Å². The van der Waals surface area contributed by atoms with E-state index in [-0.39, 0.29) is 73.8 Å². The van der Waals surface area contributed by atoms with Crippen molar-refractivity contribution in [3.63, 3.8) is 0 Å². The fourth-order valence-electron chi connectivity index (χ4n) is 13.9. The van der Waals surface area contributed by atoms with Gasteiger partial charge in [-0.15, -0.1) is 0 Å². The minimum atomic E-state index is -2.22. The lowest BCUT2D eigenvalue weighted by molar-refractivity contribution is -0.158. The molecule has 3 fully saturated rings. The quantitative estimate of drug-likeness (QED) is 0.0245. The van der Waals surface area contributed by atoms with Crippen LogP contribution in [0.3, 0.4) is 0 Å². The molecule has 0 aliphatic carbocycles. The maximum Gasteiger partial charge on any atom is 0.305 e. The lowest BCUT2D eigenvalue weighted by Crippen LogP contribution is -2.61. The van der Waals surface area contributed by atoms with Gasteiger partial charge in [0.25, 0.3) is 0 Å². The number of nitrogens with one attached hydrogen (secondary N) is 16. The Bertz CT molecular complexity index is 4860. The van der Waals surface area contributed by atoms with Crippen LogP contribution in [0.2, 0.25) is 0 Å². The summed E-state index contributed by atoms with van der Waals surface area (Å²) in [4.78, 5) is 280. The Balaban J connectivity index is 1.22. The topological polar surface area (TPSA) is 664 Å². The van der Waals surface area contributed by atoms with E-state index in [1.165, 1.54) is 20.9 Å². The summed E-state index contributed by atoms with van der Waals surface area (Å²) in [6.45, 7) is 2.06. The van der Waals surface area contributed by atoms with Gasteiger partial charge in [-0.1, -0.05) is 80.6 Å². The van der Waals surface area contributed by atoms with E-state index in [0.717, 1.165) is 42.2 Å². The predicted molar refractivity (Wildman–Crippen MR) is 466 cm³/mol. The molecular weight excluding hydrogens is 1710 g/mol. The largest absolute Gasteiger partial charge is 0.481 e. The molecule has 0 saturated carbocycles. The second-order valence-electron chi connectivity index (χ2n) is 30.9. The number of carboxylic acids is 2. The summed E-state index contributed by atoms with van der Waals surface area (Å²) < 4.78 is 0. The second kappa shape index (κ2) is 49.0. The van der Waals surface area contributed by atoms with Crippen molar-refractivity contribution in [2.75, 3.05) is 67.6 Å². The summed E-state index contributed by atoms with van der Waals surface area (Å²) in [5.41, 5.74) is 19.6. The van der Waals surface area contributed by atoms with Crippen LogP contribution in [0.25, 0.3) is 21.8 Å². The molecule has 0 radical (unpaired) electrons. The van der Waals surface area contributed by atoms with Crippen molar-refractivity contribution >= 4 is 175 Å². The zero-order chi connectivity index (χ0) is 92.6. The third-order valence-corrected chi connectivity index (χ3v) is 23.6. The van der Waals surface area contributed by atoms with E-state index in [0.29, 0.717) is 38.5 Å². The van der Waals surface area contributed by atoms with E-state index in [1.54, 1.807) is 98.9 Å². The number of aromatic amines is 2. The summed E-state index contributed by atoms with van der Waals surface area (Å²) in [6, 6.07) is 3.19. The maximum atomic E-state index is 15.5. The number of carbonyl (C=O) groups excluding carboxylic acids is 17. The van der Waals surface area contributed by atoms with Crippen molar-refractivity contribution in [3.8, 4) is 0 Å². The number of amides is 17. The maximum absolute atomic E-state index is 15.5. The van der Waals surface area contributed by atoms with Crippen molar-refractivity contribution in [1.29, 1.82) is 5.41 Å². The fourth-order valence-corrected chi connectivity index (χ4v) is 16.8. The highest BCUT2D eigenvalue weighted by Gasteiger charge is 2.40. The van der Waals surface area contributed by atoms with Gasteiger partial charge in [0.05, 0.1) is 33.0 Å². The standard InChI is InChI=1S/C81H108N22O21S3/c1-43(2)29-55-74(118)92-53(18-20-68(110)111)73(117)98-59(33-69(112)113)78(122)100-62-39-127-28-24-67(109)103-41-101(40-102(42-103)66(108)23-27-126-38-61(90-44(3)104)79(123)93-52(17-19-63(82)105)72(116)96-58(77(121)95-55)32-47-35-88-51-16-10-8-14-49(47)51)65(107)22-26-125-37-60(70(83)114)99-75(119)56(30-45-11-5-4-6-12-45)91-64(106)36-89-71(115)54(21-25-86-81(84)85)94-76(120)57(97-80(62)124)31-46-34-87-50-15-9-7-13-48(46)50/h4-16,34-35,43,52-62,87-88H,17-33,36-42H2,1-3H3,(H2,82,105)(H2,83,114)(H,89,115)(H,90,104)(H,91,106)(H,92,118)(H,93,123)(H,94,120)(H,95,121)(H,96,116)(H,97,124)(H,98,117)(H,99,119)(H,100,122)(H,110,111)(H,112,113)(H4,84,85,86)/t52-,53-,54-,55-,56-,57-,58-,59-,60-,61-,62-/m0/s1. The van der Waals surface area contributed by atoms with Gasteiger partial charge in [-0.05, 0) is 60.4 Å². The minimum Gasteiger partial charge on any atom is -0.481 e. The molecule has 17 amide bonds. The molecule has 4 bridgehead atoms. The van der Waals surface area contributed by atoms with Crippen molar-refractivity contribution in [3.05, 3.63) is 108 Å². The molecule has 3 aromatic carbocycles. The van der Waals surface area contributed by atoms with Crippen molar-refractivity contribution in [2.24, 2.45) is 23.1 Å². The number of aromatic nitrogens is 2. The number of fused-ring (bicyclic) bond motifs is 9. The van der Waals surface area contributed by atoms with E-state index >= 15 is 19.2 Å². The van der Waals surface area contributed by atoms with Gasteiger partial charge in [-0.3, -0.25) is 96.5 Å². The zero-order valence-electron chi connectivity index (χ0n) is 70.0. The van der Waals surface area contributed by atoms with Crippen LogP contribution in [0.1, 0.15) is 102 Å². The molecule has 46 heteroatoms. The average Bonchev–Trinajstić information content (AvgIpc) is 1.69. The van der Waals surface area contributed by atoms with Gasteiger partial charge in [0.2, 0.25) is 100 Å². The van der Waals surface area contributed by atoms with Crippen molar-refractivity contribution in [2.45, 2.75) is 171 Å². The third kappa shape index (κ3) is 31.9. The van der Waals surface area contributed by atoms with Gasteiger partial charge in [-0.2, -0.15) is 35.3 Å². The number of para-hydroxylation sites is 2. The number of rotatable bonds is 21. The van der Waals surface area contributed by atoms with Crippen molar-refractivity contribution in [1.82, 2.24) is 93.8 Å². The number of thioether (sulfide) groups is 3. The lowest BCUT2D eigenvalue weighted by Gasteiger charge is -2.42. The Morgan fingerprint density at radius 2 is 0.921 bits per heavy atom. The van der Waals surface area contributed by atoms with Crippen LogP contribution in [0.5, 0.6) is 0 Å². The minimum absolute atomic E-state index is 0.0493. The van der Waals surface area contributed by atoms with Crippen LogP contribution in [-0.2, 0) is 110 Å². The van der Waals surface area contributed by atoms with Gasteiger partial charge < -0.3 is 121 Å². The van der Waals surface area contributed by atoms with E-state index in [9.17, 15) is 82.1 Å². The predicted octanol–water partition coefficient (Wildman–Crippen LogP) is -4.08. The molecule has 3 aliphatic rings. The highest BCUT2D eigenvalue weighted by Crippen LogP contribution is 2.24. The summed E-state index contributed by atoms with van der Waals surface area (Å²) in [5.74, 6) is -22.4. The number of aliphatic carboxylic acids is 2. The molecular formula is C81H108N22O21S3. The molecule has 127 heavy (non-hydrogen) atoms. The first-order valence-electron chi connectivity index (χ1n) is 40.9. The Kier molecular flexibility index (Phi) is 38.4. The van der Waals surface area contributed by atoms with Crippen LogP contribution in [0.4, 0.5) is 0 Å². The first-order valence-corrected chi connectivity index (χ1v) is 44.3. The Labute approximate surface area is 741 Å². The number of nitrogens with zero attached hydrogens (tertiary/aromatic N) is 3. The molecule has 0 spiro atoms. The number of hydrogen-bond acceptors (Lipinski definition) is 23. The molecule has 0 unspecified atom stereocenters. The number of benzene rings is 3. The molecule has 5 aromatic rings. The average molecular weight is 1820 g/mol. The van der Waals surface area contributed by atoms with E-state index < -0.39 is 268 Å². The van der Waals surface area contributed by atoms with Gasteiger partial charge in [0.15, 0.2) is 5.96 Å². The van der Waals surface area contributed by atoms with Crippen LogP contribution in [0, 0.1) is 11.3 Å². The van der Waals surface area contributed by atoms with Gasteiger partial charge >= 0.3 is 11.9 Å². The Morgan fingerprint density at radius 1 is 0.480 bits per heavy atom. The Hall–Kier alpha value is -13.0. The number of H-pyrrole nitrogens is 2. The van der Waals surface area contributed by atoms with Crippen LogP contribution in [-0.4, -0.2) is 287 Å². The molecule has 5 heterocycles. The summed E-state index contributed by atoms with van der Waals surface area (Å²) >= 11 is 2.84. The van der Waals surface area contributed by atoms with E-state index in [4.69, 9.17) is 22.6 Å². The number of nitrogens with two attached hydrogens (primary N) is 3. The van der Waals surface area contributed by atoms with Gasteiger partial charge in [-0.25, -0.2) is 0 Å². The van der Waals surface area contributed by atoms with Crippen molar-refractivity contribution < 1.29 is 101 Å². The number of hydrogen-bond donors (Lipinski definition) is 21. The molecule has 11 atom stereocenters. The van der Waals surface area contributed by atoms with Crippen LogP contribution < -0.4 is 86.3 Å². The highest BCUT2D eigenvalue weighted by atomic mass is 32.2. The fraction of sp³-hybridized carbons (Fsp3) is 0.481. The third-order valence-electron chi connectivity index (χ3n) is 20.5. The molecule has 24 N–H and O–H groups in total. The SMILES string of the molecule is CC(=O)N[C@H]1CSCCC(=O)N2CN3CN(C2)C(=O)CCSC[C@H](NC(=O)[C@H](CC(=O)O)NC(=O)[C@H](CCC(=O)O)NC(=O)[C@H](CC(C)C)NC(=O)[C@H](Cc2c[nH]c4ccccc24)NC(=O)[C@H](CCC(N)=O)NC1=O)C(=O)N[C@@H](Cc1c[nH]c2ccccc12)C(=O)N[C@@H](CCNC(=N)N)C(=O)NCC(=O)N[C@@H](Cc1ccccc1)C(=O)N[C@H](C(N)=O)CSCCC3=O. The first kappa shape index (κ1) is 99.4. The zero-order valence-corrected chi connectivity index (χ0v) is 72.5. The molecule has 3 aliphatic heterocycles. The smallest absolute Gasteiger partial charge is 0.305 e. The molecule has 43 nitrogen and oxygen atoms in total. The Morgan fingerprint density at radius 3 is 1.43 bits per heavy atom. The highest BCUT2D eigenvalue weighted by molar-refractivity contribution is 7.99. The number of guanidine groups is 1. The lowest BCUT2D eigenvalue weighted by atomic mass is 9.99. The summed E-state index contributed by atoms with van der Waals surface area (Å²) in [6.07, 6.45) is -3.35. The molecule has 8 rings (SSSR count). The summed E-state index contributed by atoms with van der Waals surface area (Å²) in [7, 11) is 0. The van der Waals surface area contributed by atoms with Crippen LogP contribution in [0.15, 0.2) is 91.3 Å². The number of primary amides is 2. The first-order chi connectivity index (χ1) is 60.5.